The SMILES string of the molecule is COc1nc2sccn2c1CN. The van der Waals surface area contributed by atoms with E-state index in [1.165, 1.54) is 0 Å². The molecule has 0 amide bonds. The second kappa shape index (κ2) is 2.76. The first-order chi connectivity index (χ1) is 5.86. The Kier molecular flexibility index (Phi) is 1.74. The average Bonchev–Trinajstić information content (AvgIpc) is 2.61. The molecule has 0 unspecified atom stereocenters. The van der Waals surface area contributed by atoms with E-state index in [1.54, 1.807) is 18.4 Å². The van der Waals surface area contributed by atoms with E-state index in [1.807, 2.05) is 16.0 Å². The van der Waals surface area contributed by atoms with Crippen molar-refractivity contribution in [2.24, 2.45) is 5.73 Å². The third-order valence-corrected chi connectivity index (χ3v) is 2.47. The van der Waals surface area contributed by atoms with Crippen LogP contribution in [0.4, 0.5) is 0 Å². The Hall–Kier alpha value is -1.07. The molecular formula is C7H9N3OS. The minimum Gasteiger partial charge on any atom is -0.480 e. The summed E-state index contributed by atoms with van der Waals surface area (Å²) < 4.78 is 7.02. The second-order valence-electron chi connectivity index (χ2n) is 2.33. The molecule has 2 aromatic heterocycles. The van der Waals surface area contributed by atoms with Crippen molar-refractivity contribution < 1.29 is 4.74 Å². The molecule has 0 saturated heterocycles. The molecule has 2 rings (SSSR count). The van der Waals surface area contributed by atoms with Gasteiger partial charge in [-0.15, -0.1) is 11.3 Å². The Balaban J connectivity index is 2.70. The largest absolute Gasteiger partial charge is 0.480 e. The highest BCUT2D eigenvalue weighted by atomic mass is 32.1. The Morgan fingerprint density at radius 1 is 1.75 bits per heavy atom. The van der Waals surface area contributed by atoms with E-state index in [4.69, 9.17) is 10.5 Å². The zero-order valence-electron chi connectivity index (χ0n) is 6.65. The number of imidazole rings is 1. The van der Waals surface area contributed by atoms with Crippen molar-refractivity contribution in [3.8, 4) is 5.88 Å². The molecule has 2 heterocycles. The number of rotatable bonds is 2. The molecule has 0 saturated carbocycles. The number of nitrogens with two attached hydrogens (primary N) is 1. The molecule has 12 heavy (non-hydrogen) atoms. The zero-order chi connectivity index (χ0) is 8.55. The molecule has 0 spiro atoms. The van der Waals surface area contributed by atoms with Gasteiger partial charge in [-0.1, -0.05) is 0 Å². The molecule has 0 aliphatic rings. The monoisotopic (exact) mass is 183 g/mol. The summed E-state index contributed by atoms with van der Waals surface area (Å²) >= 11 is 1.57. The van der Waals surface area contributed by atoms with Gasteiger partial charge in [0.2, 0.25) is 5.88 Å². The molecule has 5 heteroatoms. The maximum absolute atomic E-state index is 5.56. The highest BCUT2D eigenvalue weighted by Crippen LogP contribution is 2.21. The number of aromatic nitrogens is 2. The van der Waals surface area contributed by atoms with Gasteiger partial charge in [0.25, 0.3) is 0 Å². The Bertz CT molecular complexity index is 392. The van der Waals surface area contributed by atoms with Gasteiger partial charge in [-0.05, 0) is 0 Å². The molecule has 2 N–H and O–H groups in total. The zero-order valence-corrected chi connectivity index (χ0v) is 7.47. The van der Waals surface area contributed by atoms with Crippen LogP contribution in [0.25, 0.3) is 4.96 Å². The van der Waals surface area contributed by atoms with Crippen LogP contribution in [0.2, 0.25) is 0 Å². The van der Waals surface area contributed by atoms with Gasteiger partial charge in [-0.2, -0.15) is 4.98 Å². The Labute approximate surface area is 73.6 Å². The molecule has 0 radical (unpaired) electrons. The fourth-order valence-electron chi connectivity index (χ4n) is 1.16. The van der Waals surface area contributed by atoms with Crippen molar-refractivity contribution in [1.29, 1.82) is 0 Å². The van der Waals surface area contributed by atoms with Gasteiger partial charge < -0.3 is 10.5 Å². The Morgan fingerprint density at radius 2 is 2.58 bits per heavy atom. The summed E-state index contributed by atoms with van der Waals surface area (Å²) in [5.74, 6) is 0.629. The minimum atomic E-state index is 0.446. The lowest BCUT2D eigenvalue weighted by Crippen LogP contribution is -2.01. The van der Waals surface area contributed by atoms with E-state index in [0.29, 0.717) is 12.4 Å². The lowest BCUT2D eigenvalue weighted by atomic mass is 10.4. The number of hydrogen-bond acceptors (Lipinski definition) is 4. The number of fused-ring (bicyclic) bond motifs is 1. The normalized spacial score (nSPS) is 10.8. The van der Waals surface area contributed by atoms with E-state index in [0.717, 1.165) is 10.7 Å². The second-order valence-corrected chi connectivity index (χ2v) is 3.20. The molecule has 0 aliphatic carbocycles. The molecule has 4 nitrogen and oxygen atoms in total. The first-order valence-corrected chi connectivity index (χ1v) is 4.43. The van der Waals surface area contributed by atoms with Crippen LogP contribution in [-0.2, 0) is 6.54 Å². The van der Waals surface area contributed by atoms with Crippen LogP contribution in [0.15, 0.2) is 11.6 Å². The topological polar surface area (TPSA) is 52.5 Å². The van der Waals surface area contributed by atoms with Crippen molar-refractivity contribution in [1.82, 2.24) is 9.38 Å². The predicted octanol–water partition coefficient (Wildman–Crippen LogP) is 0.863. The van der Waals surface area contributed by atoms with E-state index in [-0.39, 0.29) is 0 Å². The van der Waals surface area contributed by atoms with E-state index in [2.05, 4.69) is 4.98 Å². The summed E-state index contributed by atoms with van der Waals surface area (Å²) in [7, 11) is 1.60. The van der Waals surface area contributed by atoms with Crippen LogP contribution in [0, 0.1) is 0 Å². The van der Waals surface area contributed by atoms with Crippen LogP contribution in [0.5, 0.6) is 5.88 Å². The minimum absolute atomic E-state index is 0.446. The standard InChI is InChI=1S/C7H9N3OS/c1-11-6-5(4-8)10-2-3-12-7(10)9-6/h2-3H,4,8H2,1H3. The van der Waals surface area contributed by atoms with Crippen molar-refractivity contribution in [2.75, 3.05) is 7.11 Å². The first-order valence-electron chi connectivity index (χ1n) is 3.55. The molecule has 0 bridgehead atoms. The van der Waals surface area contributed by atoms with Gasteiger partial charge in [0.05, 0.1) is 7.11 Å². The highest BCUT2D eigenvalue weighted by molar-refractivity contribution is 7.15. The third-order valence-electron chi connectivity index (χ3n) is 1.71. The van der Waals surface area contributed by atoms with Crippen LogP contribution >= 0.6 is 11.3 Å². The van der Waals surface area contributed by atoms with Crippen LogP contribution < -0.4 is 10.5 Å². The molecule has 2 aromatic rings. The van der Waals surface area contributed by atoms with E-state index < -0.39 is 0 Å². The number of ether oxygens (including phenoxy) is 1. The number of thiazole rings is 1. The van der Waals surface area contributed by atoms with Crippen molar-refractivity contribution in [3.05, 3.63) is 17.3 Å². The van der Waals surface area contributed by atoms with Gasteiger partial charge >= 0.3 is 0 Å². The average molecular weight is 183 g/mol. The van der Waals surface area contributed by atoms with Gasteiger partial charge in [0.1, 0.15) is 5.69 Å². The maximum Gasteiger partial charge on any atom is 0.237 e. The smallest absolute Gasteiger partial charge is 0.237 e. The number of hydrogen-bond donors (Lipinski definition) is 1. The summed E-state index contributed by atoms with van der Waals surface area (Å²) in [6, 6.07) is 0. The summed E-state index contributed by atoms with van der Waals surface area (Å²) in [6.07, 6.45) is 1.94. The number of nitrogens with zero attached hydrogens (tertiary/aromatic N) is 2. The summed E-state index contributed by atoms with van der Waals surface area (Å²) in [5.41, 5.74) is 6.48. The van der Waals surface area contributed by atoms with Crippen LogP contribution in [-0.4, -0.2) is 16.5 Å². The molecule has 0 aromatic carbocycles. The van der Waals surface area contributed by atoms with Crippen LogP contribution in [0.3, 0.4) is 0 Å². The van der Waals surface area contributed by atoms with E-state index >= 15 is 0 Å². The van der Waals surface area contributed by atoms with Crippen molar-refractivity contribution in [2.45, 2.75) is 6.54 Å². The van der Waals surface area contributed by atoms with Crippen molar-refractivity contribution in [3.63, 3.8) is 0 Å². The molecular weight excluding hydrogens is 174 g/mol. The lowest BCUT2D eigenvalue weighted by molar-refractivity contribution is 0.395. The van der Waals surface area contributed by atoms with Gasteiger partial charge in [-0.3, -0.25) is 4.40 Å². The number of methoxy groups -OCH3 is 1. The molecule has 0 aliphatic heterocycles. The fraction of sp³-hybridized carbons (Fsp3) is 0.286. The van der Waals surface area contributed by atoms with Gasteiger partial charge in [-0.25, -0.2) is 0 Å². The summed E-state index contributed by atoms with van der Waals surface area (Å²) in [5, 5.41) is 1.97. The first kappa shape index (κ1) is 7.57. The summed E-state index contributed by atoms with van der Waals surface area (Å²) in [6.45, 7) is 0.446. The molecule has 64 valence electrons. The maximum atomic E-state index is 5.56. The molecule has 0 atom stereocenters. The van der Waals surface area contributed by atoms with Crippen molar-refractivity contribution >= 4 is 16.3 Å². The Morgan fingerprint density at radius 3 is 3.25 bits per heavy atom. The lowest BCUT2D eigenvalue weighted by Gasteiger charge is -1.97. The van der Waals surface area contributed by atoms with E-state index in [9.17, 15) is 0 Å². The summed E-state index contributed by atoms with van der Waals surface area (Å²) in [4.78, 5) is 5.16. The highest BCUT2D eigenvalue weighted by Gasteiger charge is 2.10. The quantitative estimate of drug-likeness (QED) is 0.751. The van der Waals surface area contributed by atoms with Crippen LogP contribution in [0.1, 0.15) is 5.69 Å². The molecule has 0 fully saturated rings. The fourth-order valence-corrected chi connectivity index (χ4v) is 1.89. The van der Waals surface area contributed by atoms with Gasteiger partial charge in [0, 0.05) is 18.1 Å². The predicted molar refractivity (Wildman–Crippen MR) is 47.5 cm³/mol. The van der Waals surface area contributed by atoms with Gasteiger partial charge in [0.15, 0.2) is 4.96 Å². The third kappa shape index (κ3) is 0.904.